The lowest BCUT2D eigenvalue weighted by Gasteiger charge is -2.31. The molecule has 0 bridgehead atoms. The summed E-state index contributed by atoms with van der Waals surface area (Å²) < 4.78 is 0. The maximum Gasteiger partial charge on any atom is 0.322 e. The minimum absolute atomic E-state index is 0.00923. The van der Waals surface area contributed by atoms with Crippen LogP contribution in [-0.2, 0) is 120 Å². The molecule has 6 rings (SSSR count). The number of carboxylic acids is 1. The van der Waals surface area contributed by atoms with Gasteiger partial charge in [-0.1, -0.05) is 71.9 Å². The quantitative estimate of drug-likeness (QED) is 0.0183. The Bertz CT molecular complexity index is 5070. The summed E-state index contributed by atoms with van der Waals surface area (Å²) in [6, 6.07) is -8.87. The molecule has 2 aromatic heterocycles. The maximum absolute atomic E-state index is 15.0. The number of phenolic OH excluding ortho intramolecular Hbond substituents is 1. The number of aliphatic hydroxyl groups is 1. The fourth-order valence-corrected chi connectivity index (χ4v) is 17.0. The second kappa shape index (κ2) is 59.9. The van der Waals surface area contributed by atoms with Crippen molar-refractivity contribution in [3.05, 3.63) is 84.1 Å². The van der Waals surface area contributed by atoms with E-state index in [0.717, 1.165) is 4.90 Å². The molecule has 20 amide bonds. The Morgan fingerprint density at radius 2 is 0.944 bits per heavy atom. The molecule has 0 saturated carbocycles. The SMILES string of the molecule is CSCC[C@H](NC(=O)[C@H](Cc1cnc[nH]1)NC(=O)[C@H](CS)NC(=O)[C@H](C)NC(=O)[C@H](Cc1ccc(O)cc1)NC(=O)[C@H](CC(C)C)NC(=O)CNC(=O)CN)C(=O)NCC(=O)N1CCC[C@H]1C(=O)N[C@@H](CCSC)C(=O)N[C@H](C(=O)N[C@@H](Cc1c[nH]c2ccccc12)C(=O)N[C@H](C(=O)N[C@@H](CS)C(=O)N[C@@H](CCC(N)=O)C(=O)N1CCC[C@H]1C(=O)N[C@@H](CC(C)C)C(=O)NCC(=O)NCC(=O)O)C(C)C)[C@@H](C)O. The van der Waals surface area contributed by atoms with Crippen LogP contribution in [0.3, 0.4) is 0 Å². The number of thiol groups is 2. The van der Waals surface area contributed by atoms with Crippen molar-refractivity contribution >= 4 is 184 Å². The Morgan fingerprint density at radius 3 is 1.51 bits per heavy atom. The number of H-pyrrole nitrogens is 2. The molecule has 0 spiro atoms. The highest BCUT2D eigenvalue weighted by Crippen LogP contribution is 2.25. The van der Waals surface area contributed by atoms with Crippen LogP contribution in [0.15, 0.2) is 67.3 Å². The number of carbonyl (C=O) groups excluding carboxylic acids is 20. The van der Waals surface area contributed by atoms with Crippen molar-refractivity contribution in [2.75, 3.05) is 81.3 Å². The van der Waals surface area contributed by atoms with E-state index >= 15 is 0 Å². The average molecular weight is 2080 g/mol. The molecule has 2 saturated heterocycles. The predicted octanol–water partition coefficient (Wildman–Crippen LogP) is -5.80. The van der Waals surface area contributed by atoms with Gasteiger partial charge >= 0.3 is 5.97 Å². The normalized spacial score (nSPS) is 16.3. The lowest BCUT2D eigenvalue weighted by atomic mass is 9.99. The highest BCUT2D eigenvalue weighted by atomic mass is 32.2. The zero-order valence-corrected chi connectivity index (χ0v) is 84.8. The van der Waals surface area contributed by atoms with E-state index in [2.05, 4.69) is 131 Å². The lowest BCUT2D eigenvalue weighted by Crippen LogP contribution is -2.62. The van der Waals surface area contributed by atoms with Gasteiger partial charge in [0, 0.05) is 79.3 Å². The molecule has 2 aliphatic heterocycles. The number of fused-ring (bicyclic) bond motifs is 1. The van der Waals surface area contributed by atoms with E-state index in [0.29, 0.717) is 27.7 Å². The minimum Gasteiger partial charge on any atom is -0.508 e. The zero-order valence-electron chi connectivity index (χ0n) is 81.4. The van der Waals surface area contributed by atoms with Crippen LogP contribution in [0.2, 0.25) is 0 Å². The van der Waals surface area contributed by atoms with E-state index in [1.165, 1.54) is 79.1 Å². The van der Waals surface area contributed by atoms with Gasteiger partial charge in [0.05, 0.1) is 38.6 Å². The van der Waals surface area contributed by atoms with Crippen molar-refractivity contribution in [1.29, 1.82) is 0 Å². The number of aliphatic carboxylic acids is 1. The van der Waals surface area contributed by atoms with E-state index in [4.69, 9.17) is 16.6 Å². The number of aromatic nitrogens is 3. The Hall–Kier alpha value is -12.8. The topological polar surface area (TPSA) is 727 Å². The van der Waals surface area contributed by atoms with Crippen molar-refractivity contribution in [1.82, 2.24) is 115 Å². The Morgan fingerprint density at radius 1 is 0.476 bits per heavy atom. The number of carboxylic acid groups (broad SMARTS) is 1. The summed E-state index contributed by atoms with van der Waals surface area (Å²) in [4.78, 5) is 302. The Labute approximate surface area is 846 Å². The summed E-state index contributed by atoms with van der Waals surface area (Å²) in [5.74, 6) is -20.1. The summed E-state index contributed by atoms with van der Waals surface area (Å²) in [7, 11) is 0. The first-order valence-corrected chi connectivity index (χ1v) is 50.9. The second-order valence-electron chi connectivity index (χ2n) is 35.8. The molecule has 0 unspecified atom stereocenters. The predicted molar refractivity (Wildman–Crippen MR) is 533 cm³/mol. The number of imidazole rings is 1. The number of carbonyl (C=O) groups is 21. The molecule has 788 valence electrons. The molecule has 48 nitrogen and oxygen atoms in total. The molecule has 52 heteroatoms. The van der Waals surface area contributed by atoms with E-state index in [1.807, 2.05) is 0 Å². The third-order valence-corrected chi connectivity index (χ3v) is 25.2. The molecule has 0 radical (unpaired) electrons. The van der Waals surface area contributed by atoms with Gasteiger partial charge in [-0.05, 0) is 143 Å². The number of nitrogens with two attached hydrogens (primary N) is 2. The van der Waals surface area contributed by atoms with Gasteiger partial charge in [0.1, 0.15) is 103 Å². The summed E-state index contributed by atoms with van der Waals surface area (Å²) in [5, 5.41) is 74.1. The molecule has 26 N–H and O–H groups in total. The zero-order chi connectivity index (χ0) is 106. The van der Waals surface area contributed by atoms with Gasteiger partial charge in [0.25, 0.3) is 0 Å². The smallest absolute Gasteiger partial charge is 0.322 e. The van der Waals surface area contributed by atoms with Gasteiger partial charge in [-0.15, -0.1) is 0 Å². The van der Waals surface area contributed by atoms with Gasteiger partial charge in [-0.25, -0.2) is 4.98 Å². The van der Waals surface area contributed by atoms with Gasteiger partial charge in [-0.2, -0.15) is 48.8 Å². The fraction of sp³-hybridized carbons (Fsp3) is 0.582. The van der Waals surface area contributed by atoms with E-state index in [-0.39, 0.29) is 125 Å². The average Bonchev–Trinajstić information content (AvgIpc) is 1.72. The van der Waals surface area contributed by atoms with E-state index in [1.54, 1.807) is 84.5 Å². The summed E-state index contributed by atoms with van der Waals surface area (Å²) in [6.45, 7) is 9.77. The van der Waals surface area contributed by atoms with Gasteiger partial charge in [-0.3, -0.25) is 101 Å². The van der Waals surface area contributed by atoms with Crippen LogP contribution < -0.4 is 102 Å². The molecule has 143 heavy (non-hydrogen) atoms. The molecule has 2 aromatic carbocycles. The monoisotopic (exact) mass is 2080 g/mol. The summed E-state index contributed by atoms with van der Waals surface area (Å²) in [6.07, 6.45) is 5.32. The minimum atomic E-state index is -1.85. The summed E-state index contributed by atoms with van der Waals surface area (Å²) in [5.41, 5.74) is 12.8. The van der Waals surface area contributed by atoms with E-state index in [9.17, 15) is 111 Å². The number of aliphatic hydroxyl groups excluding tert-OH is 1. The number of benzene rings is 2. The van der Waals surface area contributed by atoms with Crippen molar-refractivity contribution in [3.63, 3.8) is 0 Å². The van der Waals surface area contributed by atoms with Crippen molar-refractivity contribution in [3.8, 4) is 5.75 Å². The van der Waals surface area contributed by atoms with Gasteiger partial charge in [0.2, 0.25) is 118 Å². The second-order valence-corrected chi connectivity index (χ2v) is 38.5. The number of primary amides is 1. The molecule has 2 fully saturated rings. The highest BCUT2D eigenvalue weighted by Gasteiger charge is 2.44. The molecule has 16 atom stereocenters. The number of thioether (sulfide) groups is 2. The first-order valence-electron chi connectivity index (χ1n) is 46.8. The molecule has 0 aliphatic carbocycles. The first-order chi connectivity index (χ1) is 67.8. The van der Waals surface area contributed by atoms with Crippen LogP contribution in [-0.4, -0.2) is 342 Å². The number of likely N-dealkylation sites (tertiary alicyclic amines) is 2. The van der Waals surface area contributed by atoms with Crippen LogP contribution in [0.1, 0.15) is 136 Å². The van der Waals surface area contributed by atoms with Crippen LogP contribution >= 0.6 is 48.8 Å². The third kappa shape index (κ3) is 39.1. The standard InChI is InChI=1S/C91H136N24O24S4/c1-46(2)31-60(79(127)98-39-71(120)97-42-74(123)124)108-88(136)68-18-14-28-115(68)91(139)59(23-24-69(93)118)105-85(133)66(44-141)111-89(137)75(48(5)6)112-84(132)63(34-52-37-95-56-16-12-11-15-55(52)56)109-90(138)76(50(8)116)113-80(128)58(26-30-143-10)104-87(135)67-17-13-27-114(67)73(122)41-99-78(126)57(25-29-142-9)103-83(131)64(35-53-38-94-45-100-53)107-86(134)65(43-140)110-77(125)49(7)101-81(129)62(33-51-19-21-54(117)22-20-51)106-82(130)61(32-47(3)4)102-72(121)40-96-70(119)36-92/h11-12,15-16,19-22,37-38,45-50,57-68,75-76,95,116-117,140-141H,13-14,17-18,23-36,39-44,92H2,1-10H3,(H2,93,118)(H,94,100)(H,96,119)(H,97,120)(H,98,127)(H,99,126)(H,101,129)(H,102,121)(H,103,131)(H,104,135)(H,105,133)(H,106,130)(H,107,134)(H,108,136)(H,109,138)(H,110,125)(H,111,137)(H,112,132)(H,113,128)(H,123,124)/t49-,50+,57-,58-,59-,60-,61-,62-,63-,64-,65-,66-,67-,68-,75-,76-/m0/s1. The number of nitrogens with one attached hydrogen (secondary N) is 19. The number of rotatable bonds is 60. The molecular weight excluding hydrogens is 1940 g/mol. The number of phenols is 1. The van der Waals surface area contributed by atoms with Crippen molar-refractivity contribution in [2.45, 2.75) is 236 Å². The molecule has 2 aliphatic rings. The highest BCUT2D eigenvalue weighted by molar-refractivity contribution is 7.98. The molecular formula is C91H136N24O24S4. The van der Waals surface area contributed by atoms with Gasteiger partial charge < -0.3 is 137 Å². The third-order valence-electron chi connectivity index (χ3n) is 23.1. The number of hydrogen-bond acceptors (Lipinski definition) is 29. The number of para-hydroxylation sites is 1. The largest absolute Gasteiger partial charge is 0.508 e. The molecule has 4 heterocycles. The van der Waals surface area contributed by atoms with Crippen molar-refractivity contribution in [2.24, 2.45) is 29.2 Å². The number of amides is 20. The van der Waals surface area contributed by atoms with E-state index < -0.39 is 272 Å². The number of hydrogen-bond donors (Lipinski definition) is 26. The van der Waals surface area contributed by atoms with Crippen molar-refractivity contribution < 1.29 is 116 Å². The fourth-order valence-electron chi connectivity index (χ4n) is 15.5. The Kier molecular flexibility index (Phi) is 49.8. The van der Waals surface area contributed by atoms with Crippen LogP contribution in [0.4, 0.5) is 0 Å². The van der Waals surface area contributed by atoms with Crippen LogP contribution in [0.5, 0.6) is 5.75 Å². The van der Waals surface area contributed by atoms with Crippen LogP contribution in [0.25, 0.3) is 10.9 Å². The number of nitrogens with zero attached hydrogens (tertiary/aromatic N) is 3. The number of aromatic hydroxyl groups is 1. The lowest BCUT2D eigenvalue weighted by molar-refractivity contribution is -0.143. The van der Waals surface area contributed by atoms with Gasteiger partial charge in [0.15, 0.2) is 0 Å². The summed E-state index contributed by atoms with van der Waals surface area (Å²) >= 11 is 11.3. The first kappa shape index (κ1) is 119. The number of aromatic amines is 2. The molecule has 4 aromatic rings. The maximum atomic E-state index is 15.0. The van der Waals surface area contributed by atoms with Crippen LogP contribution in [0, 0.1) is 17.8 Å². The Balaban J connectivity index is 1.11.